The summed E-state index contributed by atoms with van der Waals surface area (Å²) in [6, 6.07) is 7.10. The number of aliphatic imine (C=N–C) groups is 1. The van der Waals surface area contributed by atoms with Crippen LogP contribution in [0.3, 0.4) is 0 Å². The molecule has 0 saturated carbocycles. The molecule has 0 aromatic heterocycles. The second kappa shape index (κ2) is 12.8. The molecule has 1 saturated heterocycles. The molecular formula is C19H28F3IN4O3. The van der Waals surface area contributed by atoms with Gasteiger partial charge < -0.3 is 25.4 Å². The first kappa shape index (κ1) is 26.3. The van der Waals surface area contributed by atoms with E-state index < -0.39 is 12.8 Å². The fourth-order valence-corrected chi connectivity index (χ4v) is 2.88. The highest BCUT2D eigenvalue weighted by atomic mass is 127. The smallest absolute Gasteiger partial charge is 0.411 e. The number of nitrogens with one attached hydrogen (secondary N) is 1. The first-order chi connectivity index (χ1) is 13.8. The number of piperidine rings is 1. The van der Waals surface area contributed by atoms with Crippen molar-refractivity contribution in [1.29, 1.82) is 0 Å². The normalized spacial score (nSPS) is 15.5. The zero-order valence-corrected chi connectivity index (χ0v) is 19.1. The van der Waals surface area contributed by atoms with Crippen LogP contribution in [0.5, 0.6) is 0 Å². The predicted octanol–water partition coefficient (Wildman–Crippen LogP) is 3.41. The largest absolute Gasteiger partial charge is 0.450 e. The van der Waals surface area contributed by atoms with E-state index in [2.05, 4.69) is 15.0 Å². The molecule has 0 unspecified atom stereocenters. The number of rotatable bonds is 7. The number of nitrogens with two attached hydrogens (primary N) is 1. The number of halogens is 4. The van der Waals surface area contributed by atoms with Crippen molar-refractivity contribution in [2.75, 3.05) is 26.3 Å². The molecule has 1 aromatic rings. The van der Waals surface area contributed by atoms with Crippen LogP contribution in [0.15, 0.2) is 29.3 Å². The Morgan fingerprint density at radius 3 is 2.40 bits per heavy atom. The number of carbonyl (C=O) groups is 1. The molecule has 1 amide bonds. The Kier molecular flexibility index (Phi) is 11.2. The minimum absolute atomic E-state index is 0. The summed E-state index contributed by atoms with van der Waals surface area (Å²) in [4.78, 5) is 17.7. The third-order valence-electron chi connectivity index (χ3n) is 4.36. The van der Waals surface area contributed by atoms with Crippen LogP contribution in [0.4, 0.5) is 18.0 Å². The van der Waals surface area contributed by atoms with Gasteiger partial charge in [-0.1, -0.05) is 24.3 Å². The van der Waals surface area contributed by atoms with Gasteiger partial charge in [-0.3, -0.25) is 0 Å². The third kappa shape index (κ3) is 9.83. The first-order valence-electron chi connectivity index (χ1n) is 9.47. The van der Waals surface area contributed by atoms with Gasteiger partial charge in [0.25, 0.3) is 0 Å². The standard InChI is InChI=1S/C19H27F3N4O3.HI/c1-2-29-18(27)26-9-7-16(8-10-26)25-17(23)24-11-14-3-5-15(6-4-14)12-28-13-19(20,21)22;/h3-6,16H,2,7-13H2,1H3,(H3,23,24,25);1H. The number of hydrogen-bond acceptors (Lipinski definition) is 4. The van der Waals surface area contributed by atoms with Gasteiger partial charge in [-0.05, 0) is 30.9 Å². The Morgan fingerprint density at radius 2 is 1.83 bits per heavy atom. The van der Waals surface area contributed by atoms with E-state index in [0.717, 1.165) is 18.4 Å². The van der Waals surface area contributed by atoms with Crippen molar-refractivity contribution in [3.63, 3.8) is 0 Å². The van der Waals surface area contributed by atoms with Gasteiger partial charge in [0.15, 0.2) is 5.96 Å². The molecule has 0 radical (unpaired) electrons. The summed E-state index contributed by atoms with van der Waals surface area (Å²) in [7, 11) is 0. The maximum absolute atomic E-state index is 12.1. The average molecular weight is 544 g/mol. The lowest BCUT2D eigenvalue weighted by Gasteiger charge is -2.31. The van der Waals surface area contributed by atoms with Crippen LogP contribution in [-0.2, 0) is 22.6 Å². The SMILES string of the molecule is CCOC(=O)N1CCC(NC(N)=NCc2ccc(COCC(F)(F)F)cc2)CC1.I. The molecule has 1 heterocycles. The van der Waals surface area contributed by atoms with Gasteiger partial charge in [0.05, 0.1) is 19.8 Å². The first-order valence-corrected chi connectivity index (χ1v) is 9.47. The van der Waals surface area contributed by atoms with E-state index >= 15 is 0 Å². The number of benzene rings is 1. The monoisotopic (exact) mass is 544 g/mol. The second-order valence-electron chi connectivity index (χ2n) is 6.73. The van der Waals surface area contributed by atoms with E-state index in [4.69, 9.17) is 10.5 Å². The summed E-state index contributed by atoms with van der Waals surface area (Å²) in [6.45, 7) is 2.32. The van der Waals surface area contributed by atoms with Gasteiger partial charge in [-0.15, -0.1) is 24.0 Å². The van der Waals surface area contributed by atoms with Crippen molar-refractivity contribution in [3.8, 4) is 0 Å². The highest BCUT2D eigenvalue weighted by Crippen LogP contribution is 2.16. The van der Waals surface area contributed by atoms with E-state index in [9.17, 15) is 18.0 Å². The van der Waals surface area contributed by atoms with E-state index in [1.807, 2.05) is 0 Å². The summed E-state index contributed by atoms with van der Waals surface area (Å²) in [6.07, 6.45) is -3.11. The number of nitrogens with zero attached hydrogens (tertiary/aromatic N) is 2. The van der Waals surface area contributed by atoms with Crippen LogP contribution in [-0.4, -0.2) is 55.5 Å². The molecule has 3 N–H and O–H groups in total. The third-order valence-corrected chi connectivity index (χ3v) is 4.36. The van der Waals surface area contributed by atoms with E-state index in [1.54, 1.807) is 36.1 Å². The van der Waals surface area contributed by atoms with Gasteiger partial charge in [0.2, 0.25) is 0 Å². The molecular weight excluding hydrogens is 516 g/mol. The number of alkyl halides is 3. The van der Waals surface area contributed by atoms with Crippen molar-refractivity contribution in [3.05, 3.63) is 35.4 Å². The number of likely N-dealkylation sites (tertiary alicyclic amines) is 1. The van der Waals surface area contributed by atoms with Gasteiger partial charge in [0, 0.05) is 19.1 Å². The molecule has 0 atom stereocenters. The van der Waals surface area contributed by atoms with E-state index in [1.165, 1.54) is 0 Å². The molecule has 11 heteroatoms. The lowest BCUT2D eigenvalue weighted by molar-refractivity contribution is -0.176. The van der Waals surface area contributed by atoms with Crippen molar-refractivity contribution in [1.82, 2.24) is 10.2 Å². The Balaban J connectivity index is 0.00000450. The van der Waals surface area contributed by atoms with Gasteiger partial charge in [-0.25, -0.2) is 9.79 Å². The van der Waals surface area contributed by atoms with Crippen molar-refractivity contribution in [2.24, 2.45) is 10.7 Å². The number of ether oxygens (including phenoxy) is 2. The minimum atomic E-state index is -4.32. The van der Waals surface area contributed by atoms with Gasteiger partial charge in [-0.2, -0.15) is 13.2 Å². The van der Waals surface area contributed by atoms with Crippen LogP contribution in [0.2, 0.25) is 0 Å². The minimum Gasteiger partial charge on any atom is -0.450 e. The molecule has 30 heavy (non-hydrogen) atoms. The molecule has 0 bridgehead atoms. The van der Waals surface area contributed by atoms with Crippen LogP contribution >= 0.6 is 24.0 Å². The maximum atomic E-state index is 12.1. The summed E-state index contributed by atoms with van der Waals surface area (Å²) >= 11 is 0. The van der Waals surface area contributed by atoms with Crippen molar-refractivity contribution >= 4 is 36.0 Å². The molecule has 170 valence electrons. The Labute approximate surface area is 191 Å². The average Bonchev–Trinajstić information content (AvgIpc) is 2.67. The number of guanidine groups is 1. The topological polar surface area (TPSA) is 89.2 Å². The molecule has 1 aromatic carbocycles. The summed E-state index contributed by atoms with van der Waals surface area (Å²) < 4.78 is 45.8. The maximum Gasteiger partial charge on any atom is 0.411 e. The number of hydrogen-bond donors (Lipinski definition) is 2. The Morgan fingerprint density at radius 1 is 1.23 bits per heavy atom. The quantitative estimate of drug-likeness (QED) is 0.312. The van der Waals surface area contributed by atoms with Crippen molar-refractivity contribution in [2.45, 2.75) is 45.1 Å². The van der Waals surface area contributed by atoms with Crippen LogP contribution < -0.4 is 11.1 Å². The fraction of sp³-hybridized carbons (Fsp3) is 0.579. The lowest BCUT2D eigenvalue weighted by Crippen LogP contribution is -2.48. The molecule has 2 rings (SSSR count). The summed E-state index contributed by atoms with van der Waals surface area (Å²) in [5.74, 6) is 0.317. The summed E-state index contributed by atoms with van der Waals surface area (Å²) in [5, 5.41) is 3.16. The highest BCUT2D eigenvalue weighted by Gasteiger charge is 2.27. The molecule has 0 aliphatic carbocycles. The Bertz CT molecular complexity index is 679. The lowest BCUT2D eigenvalue weighted by atomic mass is 10.1. The highest BCUT2D eigenvalue weighted by molar-refractivity contribution is 14.0. The summed E-state index contributed by atoms with van der Waals surface area (Å²) in [5.41, 5.74) is 7.47. The van der Waals surface area contributed by atoms with Gasteiger partial charge in [0.1, 0.15) is 6.61 Å². The molecule has 7 nitrogen and oxygen atoms in total. The zero-order valence-electron chi connectivity index (χ0n) is 16.8. The van der Waals surface area contributed by atoms with Gasteiger partial charge >= 0.3 is 12.3 Å². The molecule has 1 aliphatic rings. The second-order valence-corrected chi connectivity index (χ2v) is 6.73. The molecule has 1 fully saturated rings. The van der Waals surface area contributed by atoms with Crippen LogP contribution in [0, 0.1) is 0 Å². The number of carbonyl (C=O) groups excluding carboxylic acids is 1. The Hall–Kier alpha value is -1.76. The number of amides is 1. The van der Waals surface area contributed by atoms with Crippen LogP contribution in [0.25, 0.3) is 0 Å². The van der Waals surface area contributed by atoms with Crippen LogP contribution in [0.1, 0.15) is 30.9 Å². The molecule has 0 spiro atoms. The fourth-order valence-electron chi connectivity index (χ4n) is 2.88. The van der Waals surface area contributed by atoms with Crippen molar-refractivity contribution < 1.29 is 27.4 Å². The van der Waals surface area contributed by atoms with E-state index in [-0.39, 0.29) is 42.7 Å². The zero-order chi connectivity index (χ0) is 21.3. The predicted molar refractivity (Wildman–Crippen MR) is 118 cm³/mol. The molecule has 1 aliphatic heterocycles. The van der Waals surface area contributed by atoms with E-state index in [0.29, 0.717) is 37.8 Å².